The highest BCUT2D eigenvalue weighted by Gasteiger charge is 2.37. The fraction of sp³-hybridized carbons (Fsp3) is 0.500. The van der Waals surface area contributed by atoms with Crippen LogP contribution >= 0.6 is 27.5 Å². The monoisotopic (exact) mass is 344 g/mol. The molecule has 2 rings (SSSR count). The predicted molar refractivity (Wildman–Crippen MR) is 82.6 cm³/mol. The quantitative estimate of drug-likeness (QED) is 0.874. The number of benzene rings is 1. The number of carbonyl (C=O) groups is 1. The Morgan fingerprint density at radius 2 is 2.16 bits per heavy atom. The Bertz CT molecular complexity index is 473. The second-order valence-corrected chi connectivity index (χ2v) is 6.25. The molecule has 1 amide bonds. The topological polar surface area (TPSA) is 41.1 Å². The molecule has 1 aliphatic heterocycles. The van der Waals surface area contributed by atoms with E-state index in [4.69, 9.17) is 11.6 Å². The van der Waals surface area contributed by atoms with E-state index in [1.807, 2.05) is 6.07 Å². The van der Waals surface area contributed by atoms with E-state index >= 15 is 0 Å². The second kappa shape index (κ2) is 6.25. The van der Waals surface area contributed by atoms with Crippen LogP contribution in [0.15, 0.2) is 22.7 Å². The predicted octanol–water partition coefficient (Wildman–Crippen LogP) is 3.82. The van der Waals surface area contributed by atoms with Gasteiger partial charge in [-0.15, -0.1) is 0 Å². The number of nitrogens with one attached hydrogen (secondary N) is 2. The lowest BCUT2D eigenvalue weighted by molar-refractivity contribution is -0.127. The third kappa shape index (κ3) is 3.30. The largest absolute Gasteiger partial charge is 0.325 e. The van der Waals surface area contributed by atoms with Gasteiger partial charge < -0.3 is 10.6 Å². The molecule has 0 spiro atoms. The minimum absolute atomic E-state index is 0.111. The van der Waals surface area contributed by atoms with Gasteiger partial charge in [-0.1, -0.05) is 18.5 Å². The fourth-order valence-electron chi connectivity index (χ4n) is 2.49. The van der Waals surface area contributed by atoms with Gasteiger partial charge in [0.15, 0.2) is 0 Å². The van der Waals surface area contributed by atoms with Crippen LogP contribution in [0.1, 0.15) is 26.2 Å². The number of hydrogen-bond acceptors (Lipinski definition) is 2. The molecule has 1 saturated heterocycles. The van der Waals surface area contributed by atoms with Crippen LogP contribution in [0.3, 0.4) is 0 Å². The Morgan fingerprint density at radius 3 is 2.74 bits per heavy atom. The Kier molecular flexibility index (Phi) is 4.87. The number of rotatable bonds is 3. The lowest BCUT2D eigenvalue weighted by atomic mass is 9.76. The van der Waals surface area contributed by atoms with E-state index in [1.165, 1.54) is 0 Å². The maximum atomic E-state index is 12.6. The highest BCUT2D eigenvalue weighted by atomic mass is 79.9. The van der Waals surface area contributed by atoms with E-state index in [9.17, 15) is 4.79 Å². The molecular weight excluding hydrogens is 328 g/mol. The van der Waals surface area contributed by atoms with Crippen molar-refractivity contribution >= 4 is 39.1 Å². The van der Waals surface area contributed by atoms with Crippen molar-refractivity contribution in [3.8, 4) is 0 Å². The molecule has 0 atom stereocenters. The fourth-order valence-corrected chi connectivity index (χ4v) is 3.27. The van der Waals surface area contributed by atoms with Crippen LogP contribution in [0.5, 0.6) is 0 Å². The zero-order valence-electron chi connectivity index (χ0n) is 10.9. The second-order valence-electron chi connectivity index (χ2n) is 4.96. The van der Waals surface area contributed by atoms with Gasteiger partial charge in [-0.3, -0.25) is 4.79 Å². The zero-order chi connectivity index (χ0) is 13.9. The summed E-state index contributed by atoms with van der Waals surface area (Å²) in [5.74, 6) is 0.111. The van der Waals surface area contributed by atoms with Gasteiger partial charge in [0.05, 0.1) is 11.1 Å². The highest BCUT2D eigenvalue weighted by molar-refractivity contribution is 9.10. The maximum absolute atomic E-state index is 12.6. The third-order valence-corrected chi connectivity index (χ3v) is 4.79. The first-order valence-corrected chi connectivity index (χ1v) is 7.72. The molecule has 3 nitrogen and oxygen atoms in total. The summed E-state index contributed by atoms with van der Waals surface area (Å²) in [5, 5.41) is 6.98. The zero-order valence-corrected chi connectivity index (χ0v) is 13.3. The summed E-state index contributed by atoms with van der Waals surface area (Å²) in [6.45, 7) is 3.90. The minimum Gasteiger partial charge on any atom is -0.325 e. The molecule has 0 bridgehead atoms. The lowest BCUT2D eigenvalue weighted by Gasteiger charge is -2.35. The number of halogens is 2. The van der Waals surface area contributed by atoms with E-state index in [1.54, 1.807) is 12.1 Å². The summed E-state index contributed by atoms with van der Waals surface area (Å²) in [7, 11) is 0. The van der Waals surface area contributed by atoms with Gasteiger partial charge in [0.25, 0.3) is 0 Å². The summed E-state index contributed by atoms with van der Waals surface area (Å²) in [6, 6.07) is 5.40. The van der Waals surface area contributed by atoms with Crippen molar-refractivity contribution in [2.75, 3.05) is 18.4 Å². The number of carbonyl (C=O) groups excluding carboxylic acids is 1. The first-order valence-electron chi connectivity index (χ1n) is 6.54. The molecule has 1 aromatic rings. The number of hydrogen-bond donors (Lipinski definition) is 2. The highest BCUT2D eigenvalue weighted by Crippen LogP contribution is 2.35. The van der Waals surface area contributed by atoms with Crippen molar-refractivity contribution in [3.63, 3.8) is 0 Å². The number of piperidine rings is 1. The summed E-state index contributed by atoms with van der Waals surface area (Å²) in [5.41, 5.74) is 0.533. The summed E-state index contributed by atoms with van der Waals surface area (Å²) >= 11 is 9.33. The van der Waals surface area contributed by atoms with Crippen molar-refractivity contribution in [3.05, 3.63) is 27.7 Å². The standard InChI is InChI=1S/C14H18BrClN2O/c1-2-14(5-7-17-8-6-14)13(19)18-12-4-3-10(16)9-11(12)15/h3-4,9,17H,2,5-8H2,1H3,(H,18,19). The molecule has 5 heteroatoms. The van der Waals surface area contributed by atoms with Crippen LogP contribution in [0, 0.1) is 5.41 Å². The molecule has 1 fully saturated rings. The molecule has 0 aliphatic carbocycles. The van der Waals surface area contributed by atoms with Crippen molar-refractivity contribution < 1.29 is 4.79 Å². The van der Waals surface area contributed by atoms with Gasteiger partial charge >= 0.3 is 0 Å². The van der Waals surface area contributed by atoms with Gasteiger partial charge in [-0.05, 0) is 66.5 Å². The average Bonchev–Trinajstić information content (AvgIpc) is 2.42. The number of anilines is 1. The normalized spacial score (nSPS) is 18.1. The first kappa shape index (κ1) is 14.8. The van der Waals surface area contributed by atoms with Crippen LogP contribution in [0.25, 0.3) is 0 Å². The SMILES string of the molecule is CCC1(C(=O)Nc2ccc(Cl)cc2Br)CCNCC1. The first-order chi connectivity index (χ1) is 9.07. The Morgan fingerprint density at radius 1 is 1.47 bits per heavy atom. The molecule has 2 N–H and O–H groups in total. The molecule has 19 heavy (non-hydrogen) atoms. The van der Waals surface area contributed by atoms with E-state index in [0.717, 1.165) is 42.5 Å². The molecule has 1 heterocycles. The molecule has 0 saturated carbocycles. The number of amides is 1. The molecule has 1 aliphatic rings. The van der Waals surface area contributed by atoms with Crippen molar-refractivity contribution in [2.45, 2.75) is 26.2 Å². The summed E-state index contributed by atoms with van der Waals surface area (Å²) in [6.07, 6.45) is 2.65. The van der Waals surface area contributed by atoms with Gasteiger partial charge in [-0.25, -0.2) is 0 Å². The third-order valence-electron chi connectivity index (χ3n) is 3.90. The Labute approximate surface area is 127 Å². The molecule has 1 aromatic carbocycles. The van der Waals surface area contributed by atoms with Gasteiger partial charge in [0.2, 0.25) is 5.91 Å². The van der Waals surface area contributed by atoms with Crippen molar-refractivity contribution in [1.29, 1.82) is 0 Å². The minimum atomic E-state index is -0.246. The van der Waals surface area contributed by atoms with E-state index in [2.05, 4.69) is 33.5 Å². The van der Waals surface area contributed by atoms with Crippen LogP contribution in [-0.2, 0) is 4.79 Å². The van der Waals surface area contributed by atoms with E-state index < -0.39 is 0 Å². The average molecular weight is 346 g/mol. The van der Waals surface area contributed by atoms with Gasteiger partial charge in [-0.2, -0.15) is 0 Å². The molecule has 104 valence electrons. The van der Waals surface area contributed by atoms with E-state index in [0.29, 0.717) is 5.02 Å². The Hall–Kier alpha value is -0.580. The Balaban J connectivity index is 2.15. The molecular formula is C14H18BrClN2O. The van der Waals surface area contributed by atoms with Crippen LogP contribution in [0.2, 0.25) is 5.02 Å². The smallest absolute Gasteiger partial charge is 0.230 e. The molecule has 0 unspecified atom stereocenters. The van der Waals surface area contributed by atoms with Crippen molar-refractivity contribution in [1.82, 2.24) is 5.32 Å². The van der Waals surface area contributed by atoms with Gasteiger partial charge in [0, 0.05) is 9.50 Å². The lowest BCUT2D eigenvalue weighted by Crippen LogP contribution is -2.44. The molecule has 0 radical (unpaired) electrons. The van der Waals surface area contributed by atoms with Crippen LogP contribution < -0.4 is 10.6 Å². The maximum Gasteiger partial charge on any atom is 0.230 e. The molecule has 0 aromatic heterocycles. The van der Waals surface area contributed by atoms with Crippen LogP contribution in [0.4, 0.5) is 5.69 Å². The summed E-state index contributed by atoms with van der Waals surface area (Å²) < 4.78 is 0.813. The van der Waals surface area contributed by atoms with Crippen molar-refractivity contribution in [2.24, 2.45) is 5.41 Å². The summed E-state index contributed by atoms with van der Waals surface area (Å²) in [4.78, 5) is 12.6. The van der Waals surface area contributed by atoms with Crippen LogP contribution in [-0.4, -0.2) is 19.0 Å². The van der Waals surface area contributed by atoms with Gasteiger partial charge in [0.1, 0.15) is 0 Å². The van der Waals surface area contributed by atoms with E-state index in [-0.39, 0.29) is 11.3 Å².